The van der Waals surface area contributed by atoms with Crippen molar-refractivity contribution in [2.24, 2.45) is 0 Å². The molecule has 1 aromatic rings. The SMILES string of the molecule is O=C(COC1CCNCC1)NCc1ccncc1. The minimum Gasteiger partial charge on any atom is -0.368 e. The predicted octanol–water partition coefficient (Wildman–Crippen LogP) is 0.466. The fourth-order valence-electron chi connectivity index (χ4n) is 1.91. The van der Waals surface area contributed by atoms with E-state index in [-0.39, 0.29) is 18.6 Å². The average Bonchev–Trinajstić information content (AvgIpc) is 2.45. The molecule has 0 aromatic carbocycles. The monoisotopic (exact) mass is 249 g/mol. The van der Waals surface area contributed by atoms with Crippen LogP contribution in [0.4, 0.5) is 0 Å². The quantitative estimate of drug-likeness (QED) is 0.796. The molecule has 1 aromatic heterocycles. The van der Waals surface area contributed by atoms with Crippen LogP contribution in [-0.4, -0.2) is 36.7 Å². The minimum atomic E-state index is -0.0645. The highest BCUT2D eigenvalue weighted by atomic mass is 16.5. The highest BCUT2D eigenvalue weighted by Gasteiger charge is 2.14. The standard InChI is InChI=1S/C13H19N3O2/c17-13(10-18-12-3-7-15-8-4-12)16-9-11-1-5-14-6-2-11/h1-2,5-6,12,15H,3-4,7-10H2,(H,16,17). The first-order valence-electron chi connectivity index (χ1n) is 6.32. The Labute approximate surface area is 107 Å². The summed E-state index contributed by atoms with van der Waals surface area (Å²) in [6, 6.07) is 3.77. The normalized spacial score (nSPS) is 16.4. The van der Waals surface area contributed by atoms with E-state index in [2.05, 4.69) is 15.6 Å². The molecule has 0 saturated carbocycles. The smallest absolute Gasteiger partial charge is 0.246 e. The third kappa shape index (κ3) is 4.43. The van der Waals surface area contributed by atoms with Crippen molar-refractivity contribution in [3.05, 3.63) is 30.1 Å². The first-order valence-corrected chi connectivity index (χ1v) is 6.32. The fourth-order valence-corrected chi connectivity index (χ4v) is 1.91. The van der Waals surface area contributed by atoms with E-state index in [0.717, 1.165) is 31.5 Å². The second-order valence-corrected chi connectivity index (χ2v) is 4.39. The lowest BCUT2D eigenvalue weighted by Crippen LogP contribution is -2.35. The van der Waals surface area contributed by atoms with Gasteiger partial charge in [0.2, 0.25) is 5.91 Å². The Kier molecular flexibility index (Phi) is 5.11. The second kappa shape index (κ2) is 7.08. The first kappa shape index (κ1) is 13.0. The molecule has 0 atom stereocenters. The maximum Gasteiger partial charge on any atom is 0.246 e. The van der Waals surface area contributed by atoms with Gasteiger partial charge < -0.3 is 15.4 Å². The summed E-state index contributed by atoms with van der Waals surface area (Å²) in [7, 11) is 0. The predicted molar refractivity (Wildman–Crippen MR) is 67.9 cm³/mol. The summed E-state index contributed by atoms with van der Waals surface area (Å²) < 4.78 is 5.57. The molecule has 2 heterocycles. The third-order valence-corrected chi connectivity index (χ3v) is 2.98. The van der Waals surface area contributed by atoms with Crippen LogP contribution in [0.15, 0.2) is 24.5 Å². The first-order chi connectivity index (χ1) is 8.84. The molecule has 1 saturated heterocycles. The molecule has 98 valence electrons. The lowest BCUT2D eigenvalue weighted by molar-refractivity contribution is -0.128. The number of piperidine rings is 1. The number of nitrogens with one attached hydrogen (secondary N) is 2. The maximum absolute atomic E-state index is 11.6. The highest BCUT2D eigenvalue weighted by Crippen LogP contribution is 2.06. The van der Waals surface area contributed by atoms with Gasteiger partial charge in [-0.1, -0.05) is 0 Å². The van der Waals surface area contributed by atoms with Gasteiger partial charge in [0, 0.05) is 18.9 Å². The highest BCUT2D eigenvalue weighted by molar-refractivity contribution is 5.77. The van der Waals surface area contributed by atoms with Crippen molar-refractivity contribution >= 4 is 5.91 Å². The van der Waals surface area contributed by atoms with E-state index in [1.54, 1.807) is 12.4 Å². The van der Waals surface area contributed by atoms with Gasteiger partial charge >= 0.3 is 0 Å². The van der Waals surface area contributed by atoms with Gasteiger partial charge in [-0.3, -0.25) is 9.78 Å². The van der Waals surface area contributed by atoms with E-state index in [1.165, 1.54) is 0 Å². The molecule has 5 heteroatoms. The van der Waals surface area contributed by atoms with Gasteiger partial charge in [0.05, 0.1) is 6.10 Å². The van der Waals surface area contributed by atoms with Crippen LogP contribution in [0.1, 0.15) is 18.4 Å². The summed E-state index contributed by atoms with van der Waals surface area (Å²) in [5.41, 5.74) is 1.04. The van der Waals surface area contributed by atoms with Crippen molar-refractivity contribution in [1.82, 2.24) is 15.6 Å². The summed E-state index contributed by atoms with van der Waals surface area (Å²) in [5.74, 6) is -0.0645. The van der Waals surface area contributed by atoms with Crippen LogP contribution < -0.4 is 10.6 Å². The second-order valence-electron chi connectivity index (χ2n) is 4.39. The molecule has 0 bridgehead atoms. The number of rotatable bonds is 5. The molecule has 2 N–H and O–H groups in total. The summed E-state index contributed by atoms with van der Waals surface area (Å²) in [4.78, 5) is 15.5. The van der Waals surface area contributed by atoms with Crippen LogP contribution in [0.5, 0.6) is 0 Å². The summed E-state index contributed by atoms with van der Waals surface area (Å²) >= 11 is 0. The minimum absolute atomic E-state index is 0.0645. The number of nitrogens with zero attached hydrogens (tertiary/aromatic N) is 1. The topological polar surface area (TPSA) is 63.2 Å². The van der Waals surface area contributed by atoms with Gasteiger partial charge in [0.1, 0.15) is 6.61 Å². The van der Waals surface area contributed by atoms with E-state index in [9.17, 15) is 4.79 Å². The molecule has 2 rings (SSSR count). The van der Waals surface area contributed by atoms with Crippen LogP contribution >= 0.6 is 0 Å². The molecule has 0 aliphatic carbocycles. The van der Waals surface area contributed by atoms with Crippen molar-refractivity contribution in [2.75, 3.05) is 19.7 Å². The molecule has 1 aliphatic heterocycles. The molecule has 1 fully saturated rings. The molecule has 1 aliphatic rings. The Morgan fingerprint density at radius 2 is 2.11 bits per heavy atom. The number of hydrogen-bond acceptors (Lipinski definition) is 4. The van der Waals surface area contributed by atoms with E-state index in [0.29, 0.717) is 6.54 Å². The van der Waals surface area contributed by atoms with Crippen LogP contribution in [0.25, 0.3) is 0 Å². The number of amides is 1. The lowest BCUT2D eigenvalue weighted by atomic mass is 10.1. The molecule has 0 unspecified atom stereocenters. The number of pyridine rings is 1. The average molecular weight is 249 g/mol. The van der Waals surface area contributed by atoms with Gasteiger partial charge in [-0.25, -0.2) is 0 Å². The third-order valence-electron chi connectivity index (χ3n) is 2.98. The van der Waals surface area contributed by atoms with E-state index in [4.69, 9.17) is 4.74 Å². The lowest BCUT2D eigenvalue weighted by Gasteiger charge is -2.22. The van der Waals surface area contributed by atoms with E-state index >= 15 is 0 Å². The molecule has 1 amide bonds. The van der Waals surface area contributed by atoms with Gasteiger partial charge in [-0.2, -0.15) is 0 Å². The van der Waals surface area contributed by atoms with Gasteiger partial charge in [0.15, 0.2) is 0 Å². The van der Waals surface area contributed by atoms with Gasteiger partial charge in [-0.05, 0) is 43.6 Å². The Morgan fingerprint density at radius 3 is 2.83 bits per heavy atom. The van der Waals surface area contributed by atoms with Crippen LogP contribution in [0.3, 0.4) is 0 Å². The van der Waals surface area contributed by atoms with Crippen molar-refractivity contribution < 1.29 is 9.53 Å². The molecular formula is C13H19N3O2. The molecule has 0 radical (unpaired) electrons. The Bertz CT molecular complexity index is 364. The molecule has 5 nitrogen and oxygen atoms in total. The number of hydrogen-bond donors (Lipinski definition) is 2. The Balaban J connectivity index is 1.63. The summed E-state index contributed by atoms with van der Waals surface area (Å²) in [5, 5.41) is 6.09. The van der Waals surface area contributed by atoms with Crippen molar-refractivity contribution in [1.29, 1.82) is 0 Å². The van der Waals surface area contributed by atoms with E-state index in [1.807, 2.05) is 12.1 Å². The number of carbonyl (C=O) groups excluding carboxylic acids is 1. The van der Waals surface area contributed by atoms with Gasteiger partial charge in [0.25, 0.3) is 0 Å². The summed E-state index contributed by atoms with van der Waals surface area (Å²) in [6.45, 7) is 2.62. The zero-order valence-electron chi connectivity index (χ0n) is 10.4. The molecule has 0 spiro atoms. The zero-order chi connectivity index (χ0) is 12.6. The Morgan fingerprint density at radius 1 is 1.39 bits per heavy atom. The Hall–Kier alpha value is -1.46. The maximum atomic E-state index is 11.6. The molecule has 18 heavy (non-hydrogen) atoms. The van der Waals surface area contributed by atoms with Crippen LogP contribution in [0.2, 0.25) is 0 Å². The van der Waals surface area contributed by atoms with Crippen LogP contribution in [-0.2, 0) is 16.1 Å². The molecular weight excluding hydrogens is 230 g/mol. The van der Waals surface area contributed by atoms with Gasteiger partial charge in [-0.15, -0.1) is 0 Å². The summed E-state index contributed by atoms with van der Waals surface area (Å²) in [6.07, 6.45) is 5.62. The van der Waals surface area contributed by atoms with Crippen molar-refractivity contribution in [3.8, 4) is 0 Å². The largest absolute Gasteiger partial charge is 0.368 e. The zero-order valence-corrected chi connectivity index (χ0v) is 10.4. The number of ether oxygens (including phenoxy) is 1. The number of aromatic nitrogens is 1. The fraction of sp³-hybridized carbons (Fsp3) is 0.538. The van der Waals surface area contributed by atoms with Crippen LogP contribution in [0, 0.1) is 0 Å². The van der Waals surface area contributed by atoms with Crippen molar-refractivity contribution in [3.63, 3.8) is 0 Å². The van der Waals surface area contributed by atoms with Crippen molar-refractivity contribution in [2.45, 2.75) is 25.5 Å². The van der Waals surface area contributed by atoms with E-state index < -0.39 is 0 Å². The number of carbonyl (C=O) groups is 1.